The Balaban J connectivity index is 1.64. The third-order valence-corrected chi connectivity index (χ3v) is 4.53. The quantitative estimate of drug-likeness (QED) is 0.875. The summed E-state index contributed by atoms with van der Waals surface area (Å²) in [4.78, 5) is 14.3. The number of halogens is 1. The molecule has 2 N–H and O–H groups in total. The van der Waals surface area contributed by atoms with Crippen LogP contribution in [0.25, 0.3) is 0 Å². The molecule has 0 atom stereocenters. The lowest BCUT2D eigenvalue weighted by molar-refractivity contribution is 0.0789. The molecule has 2 aromatic rings. The molecule has 3 rings (SSSR count). The van der Waals surface area contributed by atoms with E-state index in [1.807, 2.05) is 19.2 Å². The van der Waals surface area contributed by atoms with Gasteiger partial charge >= 0.3 is 0 Å². The Kier molecular flexibility index (Phi) is 4.59. The second-order valence-corrected chi connectivity index (χ2v) is 6.47. The summed E-state index contributed by atoms with van der Waals surface area (Å²) in [5.74, 6) is -0.0155. The summed E-state index contributed by atoms with van der Waals surface area (Å²) in [5.41, 5.74) is 3.88. The summed E-state index contributed by atoms with van der Waals surface area (Å²) in [6.45, 7) is 2.32. The van der Waals surface area contributed by atoms with E-state index in [4.69, 9.17) is 0 Å². The minimum Gasteiger partial charge on any atom is -0.340 e. The van der Waals surface area contributed by atoms with E-state index >= 15 is 0 Å². The normalized spacial score (nSPS) is 13.7. The number of nitrogens with one attached hydrogen (secondary N) is 2. The third-order valence-electron chi connectivity index (χ3n) is 4.00. The number of aromatic amines is 1. The molecule has 2 heterocycles. The van der Waals surface area contributed by atoms with Crippen molar-refractivity contribution in [1.82, 2.24) is 20.4 Å². The molecule has 0 fully saturated rings. The van der Waals surface area contributed by atoms with Gasteiger partial charge in [-0.05, 0) is 24.1 Å². The summed E-state index contributed by atoms with van der Waals surface area (Å²) < 4.78 is 1.07. The Morgan fingerprint density at radius 1 is 1.36 bits per heavy atom. The molecule has 0 aliphatic carbocycles. The average Bonchev–Trinajstić information content (AvgIpc) is 2.97. The van der Waals surface area contributed by atoms with E-state index in [0.29, 0.717) is 18.8 Å². The van der Waals surface area contributed by atoms with E-state index in [1.165, 1.54) is 5.56 Å². The van der Waals surface area contributed by atoms with Crippen molar-refractivity contribution < 1.29 is 4.79 Å². The molecule has 6 heteroatoms. The zero-order chi connectivity index (χ0) is 15.5. The maximum absolute atomic E-state index is 12.6. The number of nitrogens with zero attached hydrogens (tertiary/aromatic N) is 2. The van der Waals surface area contributed by atoms with Gasteiger partial charge in [0.25, 0.3) is 5.91 Å². The van der Waals surface area contributed by atoms with Crippen molar-refractivity contribution in [2.45, 2.75) is 19.4 Å². The fourth-order valence-electron chi connectivity index (χ4n) is 2.63. The number of likely N-dealkylation sites (N-methyl/N-ethyl adjacent to an activating group) is 1. The number of carbonyl (C=O) groups excluding carboxylic acids is 1. The predicted molar refractivity (Wildman–Crippen MR) is 88.8 cm³/mol. The summed E-state index contributed by atoms with van der Waals surface area (Å²) in [6, 6.07) is 8.19. The lowest BCUT2D eigenvalue weighted by Crippen LogP contribution is -2.31. The van der Waals surface area contributed by atoms with Gasteiger partial charge in [-0.15, -0.1) is 0 Å². The van der Waals surface area contributed by atoms with Crippen LogP contribution in [0.1, 0.15) is 27.3 Å². The van der Waals surface area contributed by atoms with Gasteiger partial charge in [0.1, 0.15) is 0 Å². The Hall–Kier alpha value is -1.66. The standard InChI is InChI=1S/C16H19BrN4O/c1-21(9-7-11-2-4-12(17)5-3-11)16(22)15-13-10-18-8-6-14(13)19-20-15/h2-5,18H,6-10H2,1H3,(H,19,20). The second kappa shape index (κ2) is 6.62. The highest BCUT2D eigenvalue weighted by molar-refractivity contribution is 9.10. The Morgan fingerprint density at radius 2 is 2.14 bits per heavy atom. The molecule has 1 aliphatic rings. The molecule has 1 aliphatic heterocycles. The number of carbonyl (C=O) groups is 1. The number of fused-ring (bicyclic) bond motifs is 1. The van der Waals surface area contributed by atoms with Gasteiger partial charge in [0.2, 0.25) is 0 Å². The molecule has 116 valence electrons. The van der Waals surface area contributed by atoms with E-state index in [-0.39, 0.29) is 5.91 Å². The zero-order valence-electron chi connectivity index (χ0n) is 12.5. The molecular weight excluding hydrogens is 344 g/mol. The minimum atomic E-state index is -0.0155. The number of rotatable bonds is 4. The maximum atomic E-state index is 12.6. The molecule has 0 saturated carbocycles. The van der Waals surface area contributed by atoms with Gasteiger partial charge in [-0.3, -0.25) is 9.89 Å². The van der Waals surface area contributed by atoms with Crippen LogP contribution in [0.5, 0.6) is 0 Å². The molecule has 0 radical (unpaired) electrons. The van der Waals surface area contributed by atoms with Gasteiger partial charge < -0.3 is 10.2 Å². The van der Waals surface area contributed by atoms with Crippen LogP contribution in [0.2, 0.25) is 0 Å². The zero-order valence-corrected chi connectivity index (χ0v) is 14.1. The highest BCUT2D eigenvalue weighted by atomic mass is 79.9. The number of H-pyrrole nitrogens is 1. The minimum absolute atomic E-state index is 0.0155. The second-order valence-electron chi connectivity index (χ2n) is 5.56. The van der Waals surface area contributed by atoms with Gasteiger partial charge in [-0.2, -0.15) is 5.10 Å². The third kappa shape index (κ3) is 3.23. The highest BCUT2D eigenvalue weighted by Crippen LogP contribution is 2.17. The number of amides is 1. The topological polar surface area (TPSA) is 61.0 Å². The van der Waals surface area contributed by atoms with Crippen molar-refractivity contribution >= 4 is 21.8 Å². The smallest absolute Gasteiger partial charge is 0.274 e. The number of aromatic nitrogens is 2. The Labute approximate surface area is 138 Å². The molecule has 0 saturated heterocycles. The summed E-state index contributed by atoms with van der Waals surface area (Å²) in [7, 11) is 1.83. The number of benzene rings is 1. The number of hydrogen-bond acceptors (Lipinski definition) is 3. The van der Waals surface area contributed by atoms with Crippen molar-refractivity contribution in [3.63, 3.8) is 0 Å². The van der Waals surface area contributed by atoms with E-state index in [9.17, 15) is 4.79 Å². The maximum Gasteiger partial charge on any atom is 0.274 e. The number of hydrogen-bond donors (Lipinski definition) is 2. The van der Waals surface area contributed by atoms with E-state index < -0.39 is 0 Å². The monoisotopic (exact) mass is 362 g/mol. The first-order valence-electron chi connectivity index (χ1n) is 7.42. The van der Waals surface area contributed by atoms with Crippen LogP contribution in [0.3, 0.4) is 0 Å². The van der Waals surface area contributed by atoms with Crippen LogP contribution in [0, 0.1) is 0 Å². The first-order chi connectivity index (χ1) is 10.6. The first-order valence-corrected chi connectivity index (χ1v) is 8.21. The molecule has 1 aromatic carbocycles. The van der Waals surface area contributed by atoms with Gasteiger partial charge in [-0.1, -0.05) is 28.1 Å². The Bertz CT molecular complexity index is 665. The van der Waals surface area contributed by atoms with Crippen LogP contribution in [0.4, 0.5) is 0 Å². The van der Waals surface area contributed by atoms with Crippen LogP contribution in [0.15, 0.2) is 28.7 Å². The van der Waals surface area contributed by atoms with E-state index in [0.717, 1.165) is 35.1 Å². The van der Waals surface area contributed by atoms with Crippen LogP contribution >= 0.6 is 15.9 Å². The predicted octanol–water partition coefficient (Wildman–Crippen LogP) is 2.13. The molecule has 22 heavy (non-hydrogen) atoms. The molecule has 1 amide bonds. The first kappa shape index (κ1) is 15.2. The fourth-order valence-corrected chi connectivity index (χ4v) is 2.90. The average molecular weight is 363 g/mol. The van der Waals surface area contributed by atoms with Crippen LogP contribution in [-0.4, -0.2) is 41.1 Å². The lowest BCUT2D eigenvalue weighted by Gasteiger charge is -2.18. The Morgan fingerprint density at radius 3 is 2.91 bits per heavy atom. The van der Waals surface area contributed by atoms with E-state index in [2.05, 4.69) is 43.6 Å². The van der Waals surface area contributed by atoms with E-state index in [1.54, 1.807) is 4.90 Å². The summed E-state index contributed by atoms with van der Waals surface area (Å²) in [6.07, 6.45) is 1.73. The molecule has 1 aromatic heterocycles. The molecular formula is C16H19BrN4O. The van der Waals surface area contributed by atoms with Gasteiger partial charge in [0, 0.05) is 48.8 Å². The van der Waals surface area contributed by atoms with Gasteiger partial charge in [-0.25, -0.2) is 0 Å². The molecule has 0 bridgehead atoms. The van der Waals surface area contributed by atoms with Gasteiger partial charge in [0.15, 0.2) is 5.69 Å². The fraction of sp³-hybridized carbons (Fsp3) is 0.375. The summed E-state index contributed by atoms with van der Waals surface area (Å²) >= 11 is 3.43. The largest absolute Gasteiger partial charge is 0.340 e. The van der Waals surface area contributed by atoms with Crippen molar-refractivity contribution in [2.24, 2.45) is 0 Å². The lowest BCUT2D eigenvalue weighted by atomic mass is 10.1. The van der Waals surface area contributed by atoms with Crippen LogP contribution < -0.4 is 5.32 Å². The van der Waals surface area contributed by atoms with Crippen molar-refractivity contribution in [3.05, 3.63) is 51.3 Å². The molecule has 0 unspecified atom stereocenters. The van der Waals surface area contributed by atoms with Crippen LogP contribution in [-0.2, 0) is 19.4 Å². The highest BCUT2D eigenvalue weighted by Gasteiger charge is 2.23. The van der Waals surface area contributed by atoms with Crippen molar-refractivity contribution in [3.8, 4) is 0 Å². The van der Waals surface area contributed by atoms with Gasteiger partial charge in [0.05, 0.1) is 0 Å². The van der Waals surface area contributed by atoms with Crippen molar-refractivity contribution in [2.75, 3.05) is 20.1 Å². The molecule has 5 nitrogen and oxygen atoms in total. The summed E-state index contributed by atoms with van der Waals surface area (Å²) in [5, 5.41) is 10.5. The molecule has 0 spiro atoms. The SMILES string of the molecule is CN(CCc1ccc(Br)cc1)C(=O)c1n[nH]c2c1CNCC2. The van der Waals surface area contributed by atoms with Crippen molar-refractivity contribution in [1.29, 1.82) is 0 Å².